The van der Waals surface area contributed by atoms with Gasteiger partial charge in [-0.1, -0.05) is 23.7 Å². The number of aromatic nitrogens is 2. The summed E-state index contributed by atoms with van der Waals surface area (Å²) in [5, 5.41) is 8.59. The van der Waals surface area contributed by atoms with Gasteiger partial charge >= 0.3 is 0 Å². The van der Waals surface area contributed by atoms with E-state index >= 15 is 0 Å². The number of hydrogen-bond donors (Lipinski definition) is 1. The Balaban J connectivity index is 1.21. The predicted octanol–water partition coefficient (Wildman–Crippen LogP) is 3.91. The molecule has 1 N–H and O–H groups in total. The Morgan fingerprint density at radius 1 is 1.14 bits per heavy atom. The number of para-hydroxylation sites is 1. The SMILES string of the molecule is Cn1nc(C2CCC(=O)NC2=O)c2cccc(OC3CCN(C(=O)CSc4ccc(Cl)cc4)CC3)c21. The van der Waals surface area contributed by atoms with Crippen molar-refractivity contribution in [3.05, 3.63) is 53.2 Å². The molecule has 2 aliphatic heterocycles. The van der Waals surface area contributed by atoms with E-state index in [4.69, 9.17) is 16.3 Å². The van der Waals surface area contributed by atoms with Crippen molar-refractivity contribution in [3.63, 3.8) is 0 Å². The highest BCUT2D eigenvalue weighted by Gasteiger charge is 2.32. The third-order valence-corrected chi connectivity index (χ3v) is 7.94. The van der Waals surface area contributed by atoms with E-state index in [1.54, 1.807) is 4.68 Å². The first-order valence-electron chi connectivity index (χ1n) is 12.0. The second-order valence-corrected chi connectivity index (χ2v) is 10.6. The molecule has 1 atom stereocenters. The Kier molecular flexibility index (Phi) is 7.20. The maximum atomic E-state index is 12.7. The lowest BCUT2D eigenvalue weighted by Crippen LogP contribution is -2.42. The van der Waals surface area contributed by atoms with Crippen LogP contribution in [-0.4, -0.2) is 57.3 Å². The molecule has 8 nitrogen and oxygen atoms in total. The largest absolute Gasteiger partial charge is 0.488 e. The third-order valence-electron chi connectivity index (χ3n) is 6.69. The molecule has 2 aliphatic rings. The average molecular weight is 527 g/mol. The van der Waals surface area contributed by atoms with E-state index in [0.717, 1.165) is 28.6 Å². The highest BCUT2D eigenvalue weighted by atomic mass is 35.5. The van der Waals surface area contributed by atoms with Crippen molar-refractivity contribution in [3.8, 4) is 5.75 Å². The fraction of sp³-hybridized carbons (Fsp3) is 0.385. The van der Waals surface area contributed by atoms with E-state index in [1.807, 2.05) is 54.4 Å². The first-order valence-corrected chi connectivity index (χ1v) is 13.4. The zero-order chi connectivity index (χ0) is 25.2. The number of nitrogens with one attached hydrogen (secondary N) is 1. The van der Waals surface area contributed by atoms with E-state index in [1.165, 1.54) is 11.8 Å². The Morgan fingerprint density at radius 2 is 1.89 bits per heavy atom. The maximum absolute atomic E-state index is 12.7. The zero-order valence-electron chi connectivity index (χ0n) is 19.9. The minimum absolute atomic E-state index is 0.0162. The van der Waals surface area contributed by atoms with Crippen LogP contribution in [0.3, 0.4) is 0 Å². The topological polar surface area (TPSA) is 93.5 Å². The first-order chi connectivity index (χ1) is 17.4. The van der Waals surface area contributed by atoms with Crippen LogP contribution in [-0.2, 0) is 21.4 Å². The molecule has 0 radical (unpaired) electrons. The third kappa shape index (κ3) is 5.22. The van der Waals surface area contributed by atoms with Gasteiger partial charge in [-0.2, -0.15) is 5.10 Å². The molecule has 0 bridgehead atoms. The van der Waals surface area contributed by atoms with E-state index in [0.29, 0.717) is 48.2 Å². The lowest BCUT2D eigenvalue weighted by atomic mass is 9.93. The summed E-state index contributed by atoms with van der Waals surface area (Å²) in [6.07, 6.45) is 2.22. The van der Waals surface area contributed by atoms with Crippen molar-refractivity contribution in [1.29, 1.82) is 0 Å². The molecule has 10 heteroatoms. The van der Waals surface area contributed by atoms with Crippen molar-refractivity contribution < 1.29 is 19.1 Å². The second kappa shape index (κ2) is 10.5. The number of carbonyl (C=O) groups is 3. The smallest absolute Gasteiger partial charge is 0.235 e. The van der Waals surface area contributed by atoms with E-state index in [2.05, 4.69) is 10.4 Å². The van der Waals surface area contributed by atoms with Gasteiger partial charge in [-0.15, -0.1) is 11.8 Å². The highest BCUT2D eigenvalue weighted by Crippen LogP contribution is 2.35. The van der Waals surface area contributed by atoms with Gasteiger partial charge < -0.3 is 9.64 Å². The van der Waals surface area contributed by atoms with Gasteiger partial charge in [-0.25, -0.2) is 0 Å². The molecule has 3 aromatic rings. The number of piperidine rings is 2. The standard InChI is InChI=1S/C26H27ClN4O4S/c1-30-25-19(24(29-30)20-9-10-22(32)28-26(20)34)3-2-4-21(25)35-17-11-13-31(14-12-17)23(33)15-36-18-7-5-16(27)6-8-18/h2-8,17,20H,9-15H2,1H3,(H,28,32,34). The van der Waals surface area contributed by atoms with Crippen LogP contribution in [0.15, 0.2) is 47.4 Å². The van der Waals surface area contributed by atoms with Crippen LogP contribution in [0.1, 0.15) is 37.3 Å². The number of aryl methyl sites for hydroxylation is 1. The van der Waals surface area contributed by atoms with Crippen LogP contribution in [0.5, 0.6) is 5.75 Å². The summed E-state index contributed by atoms with van der Waals surface area (Å²) >= 11 is 7.44. The summed E-state index contributed by atoms with van der Waals surface area (Å²) in [5.41, 5.74) is 1.50. The van der Waals surface area contributed by atoms with Crippen LogP contribution in [0.25, 0.3) is 10.9 Å². The number of rotatable bonds is 6. The number of likely N-dealkylation sites (tertiary alicyclic amines) is 1. The van der Waals surface area contributed by atoms with Crippen molar-refractivity contribution in [1.82, 2.24) is 20.0 Å². The molecular weight excluding hydrogens is 500 g/mol. The Bertz CT molecular complexity index is 1300. The molecule has 2 aromatic carbocycles. The Morgan fingerprint density at radius 3 is 2.61 bits per heavy atom. The molecule has 2 saturated heterocycles. The number of halogens is 1. The molecule has 0 spiro atoms. The average Bonchev–Trinajstić information content (AvgIpc) is 3.21. The number of amides is 3. The van der Waals surface area contributed by atoms with Gasteiger partial charge in [0.2, 0.25) is 17.7 Å². The van der Waals surface area contributed by atoms with Crippen LogP contribution in [0.2, 0.25) is 5.02 Å². The first kappa shape index (κ1) is 24.6. The van der Waals surface area contributed by atoms with Crippen molar-refractivity contribution >= 4 is 52.0 Å². The van der Waals surface area contributed by atoms with Gasteiger partial charge in [0, 0.05) is 54.7 Å². The zero-order valence-corrected chi connectivity index (χ0v) is 21.5. The monoisotopic (exact) mass is 526 g/mol. The molecule has 3 heterocycles. The summed E-state index contributed by atoms with van der Waals surface area (Å²) in [4.78, 5) is 39.6. The number of carbonyl (C=O) groups excluding carboxylic acids is 3. The van der Waals surface area contributed by atoms with Crippen molar-refractivity contribution in [2.45, 2.75) is 42.6 Å². The summed E-state index contributed by atoms with van der Waals surface area (Å²) in [5.74, 6) is 0.226. The predicted molar refractivity (Wildman–Crippen MR) is 138 cm³/mol. The van der Waals surface area contributed by atoms with Gasteiger partial charge in [0.05, 0.1) is 17.4 Å². The highest BCUT2D eigenvalue weighted by molar-refractivity contribution is 8.00. The quantitative estimate of drug-likeness (QED) is 0.386. The molecular formula is C26H27ClN4O4S. The lowest BCUT2D eigenvalue weighted by molar-refractivity contribution is -0.134. The minimum atomic E-state index is -0.457. The normalized spacial score (nSPS) is 18.9. The number of ether oxygens (including phenoxy) is 1. The lowest BCUT2D eigenvalue weighted by Gasteiger charge is -2.32. The van der Waals surface area contributed by atoms with Gasteiger partial charge in [0.25, 0.3) is 0 Å². The van der Waals surface area contributed by atoms with Crippen molar-refractivity contribution in [2.24, 2.45) is 7.05 Å². The molecule has 188 valence electrons. The minimum Gasteiger partial charge on any atom is -0.488 e. The second-order valence-electron chi connectivity index (χ2n) is 9.11. The van der Waals surface area contributed by atoms with E-state index in [9.17, 15) is 14.4 Å². The molecule has 3 amide bonds. The number of hydrogen-bond acceptors (Lipinski definition) is 6. The molecule has 5 rings (SSSR count). The number of fused-ring (bicyclic) bond motifs is 1. The molecule has 1 aromatic heterocycles. The fourth-order valence-corrected chi connectivity index (χ4v) is 5.73. The summed E-state index contributed by atoms with van der Waals surface area (Å²) in [7, 11) is 1.84. The van der Waals surface area contributed by atoms with Crippen LogP contribution in [0, 0.1) is 0 Å². The molecule has 0 saturated carbocycles. The van der Waals surface area contributed by atoms with Gasteiger partial charge in [0.15, 0.2) is 0 Å². The van der Waals surface area contributed by atoms with Gasteiger partial charge in [-0.05, 0) is 36.8 Å². The number of benzene rings is 2. The molecule has 1 unspecified atom stereocenters. The molecule has 36 heavy (non-hydrogen) atoms. The summed E-state index contributed by atoms with van der Waals surface area (Å²) < 4.78 is 8.14. The maximum Gasteiger partial charge on any atom is 0.235 e. The van der Waals surface area contributed by atoms with Crippen LogP contribution >= 0.6 is 23.4 Å². The fourth-order valence-electron chi connectivity index (χ4n) is 4.81. The van der Waals surface area contributed by atoms with E-state index in [-0.39, 0.29) is 23.8 Å². The number of thioether (sulfide) groups is 1. The Hall–Kier alpha value is -3.04. The van der Waals surface area contributed by atoms with E-state index < -0.39 is 5.92 Å². The summed E-state index contributed by atoms with van der Waals surface area (Å²) in [6.45, 7) is 1.29. The number of nitrogens with zero attached hydrogens (tertiary/aromatic N) is 3. The molecule has 0 aliphatic carbocycles. The van der Waals surface area contributed by atoms with Crippen LogP contribution < -0.4 is 10.1 Å². The molecule has 2 fully saturated rings. The van der Waals surface area contributed by atoms with Crippen LogP contribution in [0.4, 0.5) is 0 Å². The van der Waals surface area contributed by atoms with Crippen molar-refractivity contribution in [2.75, 3.05) is 18.8 Å². The van der Waals surface area contributed by atoms with Gasteiger partial charge in [-0.3, -0.25) is 24.4 Å². The van der Waals surface area contributed by atoms with Gasteiger partial charge in [0.1, 0.15) is 17.4 Å². The Labute approximate surface area is 218 Å². The number of imide groups is 1. The summed E-state index contributed by atoms with van der Waals surface area (Å²) in [6, 6.07) is 13.3.